The number of aromatic carboxylic acids is 1. The molecule has 1 aliphatic rings. The summed E-state index contributed by atoms with van der Waals surface area (Å²) in [5.74, 6) is -0.553. The van der Waals surface area contributed by atoms with Crippen LogP contribution in [0, 0.1) is 0 Å². The zero-order valence-electron chi connectivity index (χ0n) is 17.7. The Balaban J connectivity index is 1.73. The molecule has 1 fully saturated rings. The van der Waals surface area contributed by atoms with Gasteiger partial charge in [-0.15, -0.1) is 0 Å². The fraction of sp³-hybridized carbons (Fsp3) is 0.200. The Morgan fingerprint density at radius 3 is 2.22 bits per heavy atom. The van der Waals surface area contributed by atoms with Gasteiger partial charge >= 0.3 is 5.97 Å². The van der Waals surface area contributed by atoms with E-state index in [4.69, 9.17) is 14.6 Å². The molecule has 164 valence electrons. The van der Waals surface area contributed by atoms with E-state index in [1.54, 1.807) is 42.5 Å². The molecule has 1 saturated heterocycles. The van der Waals surface area contributed by atoms with Gasteiger partial charge in [0.2, 0.25) is 0 Å². The first kappa shape index (κ1) is 21.5. The van der Waals surface area contributed by atoms with E-state index in [2.05, 4.69) is 0 Å². The summed E-state index contributed by atoms with van der Waals surface area (Å²) in [7, 11) is 1.57. The molecule has 0 unspecified atom stereocenters. The molecule has 1 aliphatic heterocycles. The summed E-state index contributed by atoms with van der Waals surface area (Å²) in [6.45, 7) is 2.33. The van der Waals surface area contributed by atoms with Crippen molar-refractivity contribution in [2.24, 2.45) is 0 Å². The Kier molecular flexibility index (Phi) is 6.49. The number of morpholine rings is 1. The summed E-state index contributed by atoms with van der Waals surface area (Å²) in [6.07, 6.45) is 0. The van der Waals surface area contributed by atoms with E-state index in [0.29, 0.717) is 43.2 Å². The average molecular weight is 432 g/mol. The van der Waals surface area contributed by atoms with Gasteiger partial charge in [0.25, 0.3) is 5.91 Å². The van der Waals surface area contributed by atoms with Crippen molar-refractivity contribution in [2.45, 2.75) is 0 Å². The number of carbonyl (C=O) groups excluding carboxylic acids is 1. The van der Waals surface area contributed by atoms with Crippen LogP contribution in [0.15, 0.2) is 72.8 Å². The Morgan fingerprint density at radius 1 is 0.938 bits per heavy atom. The van der Waals surface area contributed by atoms with Crippen molar-refractivity contribution in [2.75, 3.05) is 38.4 Å². The van der Waals surface area contributed by atoms with Crippen LogP contribution in [0.2, 0.25) is 0 Å². The van der Waals surface area contributed by atoms with Gasteiger partial charge in [0.1, 0.15) is 5.75 Å². The average Bonchev–Trinajstić information content (AvgIpc) is 2.85. The Labute approximate surface area is 186 Å². The summed E-state index contributed by atoms with van der Waals surface area (Å²) in [5, 5.41) is 12.9. The van der Waals surface area contributed by atoms with Crippen LogP contribution in [0.4, 0.5) is 5.69 Å². The number of rotatable bonds is 6. The van der Waals surface area contributed by atoms with E-state index < -0.39 is 5.97 Å². The van der Waals surface area contributed by atoms with Crippen LogP contribution < -0.4 is 9.75 Å². The highest BCUT2D eigenvalue weighted by molar-refractivity contribution is 6.06. The topological polar surface area (TPSA) is 79.3 Å². The Morgan fingerprint density at radius 2 is 1.59 bits per heavy atom. The molecule has 1 amide bonds. The molecule has 7 heteroatoms. The minimum atomic E-state index is -0.989. The van der Waals surface area contributed by atoms with E-state index in [1.165, 1.54) is 12.1 Å². The monoisotopic (exact) mass is 432 g/mol. The number of para-hydroxylation sites is 1. The summed E-state index contributed by atoms with van der Waals surface area (Å²) in [6, 6.07) is 21.3. The fourth-order valence-electron chi connectivity index (χ4n) is 3.71. The number of hydrogen-bond acceptors (Lipinski definition) is 5. The molecular weight excluding hydrogens is 408 g/mol. The highest BCUT2D eigenvalue weighted by atomic mass is 16.5. The van der Waals surface area contributed by atoms with Gasteiger partial charge in [0.15, 0.2) is 0 Å². The van der Waals surface area contributed by atoms with Crippen molar-refractivity contribution < 1.29 is 24.2 Å². The maximum absolute atomic E-state index is 13.7. The first-order valence-electron chi connectivity index (χ1n) is 10.3. The predicted molar refractivity (Wildman–Crippen MR) is 121 cm³/mol. The summed E-state index contributed by atoms with van der Waals surface area (Å²) in [5.41, 5.74) is 2.95. The van der Waals surface area contributed by atoms with Crippen molar-refractivity contribution in [3.63, 3.8) is 0 Å². The SMILES string of the molecule is COc1ccc(C(=O)N(c2ccccc2)N2CCOCC2)cc1-c1ccc(C(=O)O)cc1. The zero-order valence-corrected chi connectivity index (χ0v) is 17.7. The second-order valence-corrected chi connectivity index (χ2v) is 7.32. The number of carboxylic acid groups (broad SMARTS) is 1. The third-order valence-electron chi connectivity index (χ3n) is 5.35. The second-order valence-electron chi connectivity index (χ2n) is 7.32. The molecule has 0 aromatic heterocycles. The molecule has 7 nitrogen and oxygen atoms in total. The lowest BCUT2D eigenvalue weighted by Gasteiger charge is -2.37. The first-order chi connectivity index (χ1) is 15.6. The van der Waals surface area contributed by atoms with Crippen LogP contribution in [0.1, 0.15) is 20.7 Å². The molecule has 0 radical (unpaired) electrons. The van der Waals surface area contributed by atoms with Gasteiger partial charge in [-0.1, -0.05) is 30.3 Å². The fourth-order valence-corrected chi connectivity index (χ4v) is 3.71. The number of amides is 1. The van der Waals surface area contributed by atoms with Crippen LogP contribution in [0.25, 0.3) is 11.1 Å². The van der Waals surface area contributed by atoms with Gasteiger partial charge in [-0.25, -0.2) is 14.8 Å². The third kappa shape index (κ3) is 4.49. The molecular formula is C25H24N2O5. The van der Waals surface area contributed by atoms with Crippen LogP contribution in [0.5, 0.6) is 5.75 Å². The van der Waals surface area contributed by atoms with Crippen LogP contribution in [0.3, 0.4) is 0 Å². The molecule has 1 N–H and O–H groups in total. The van der Waals surface area contributed by atoms with Crippen molar-refractivity contribution in [1.82, 2.24) is 5.01 Å². The van der Waals surface area contributed by atoms with Gasteiger partial charge in [0, 0.05) is 24.2 Å². The minimum absolute atomic E-state index is 0.163. The lowest BCUT2D eigenvalue weighted by atomic mass is 10.00. The highest BCUT2D eigenvalue weighted by Crippen LogP contribution is 2.32. The van der Waals surface area contributed by atoms with E-state index >= 15 is 0 Å². The molecule has 4 rings (SSSR count). The predicted octanol–water partition coefficient (Wildman–Crippen LogP) is 3.95. The van der Waals surface area contributed by atoms with E-state index in [9.17, 15) is 9.59 Å². The van der Waals surface area contributed by atoms with Gasteiger partial charge in [-0.2, -0.15) is 0 Å². The standard InChI is InChI=1S/C25H24N2O5/c1-31-23-12-11-20(17-22(23)18-7-9-19(10-8-18)25(29)30)24(28)27(21-5-3-2-4-6-21)26-13-15-32-16-14-26/h2-12,17H,13-16H2,1H3,(H,29,30). The molecule has 3 aromatic carbocycles. The summed E-state index contributed by atoms with van der Waals surface area (Å²) < 4.78 is 11.0. The van der Waals surface area contributed by atoms with E-state index in [-0.39, 0.29) is 11.5 Å². The number of hydrogen-bond donors (Lipinski definition) is 1. The summed E-state index contributed by atoms with van der Waals surface area (Å²) >= 11 is 0. The maximum Gasteiger partial charge on any atom is 0.335 e. The van der Waals surface area contributed by atoms with Crippen molar-refractivity contribution in [3.05, 3.63) is 83.9 Å². The molecule has 1 heterocycles. The number of carboxylic acids is 1. The number of benzene rings is 3. The van der Waals surface area contributed by atoms with Crippen molar-refractivity contribution in [3.8, 4) is 16.9 Å². The summed E-state index contributed by atoms with van der Waals surface area (Å²) in [4.78, 5) is 24.9. The number of methoxy groups -OCH3 is 1. The molecule has 0 atom stereocenters. The highest BCUT2D eigenvalue weighted by Gasteiger charge is 2.27. The molecule has 32 heavy (non-hydrogen) atoms. The molecule has 0 bridgehead atoms. The van der Waals surface area contributed by atoms with Gasteiger partial charge in [-0.3, -0.25) is 4.79 Å². The maximum atomic E-state index is 13.7. The van der Waals surface area contributed by atoms with Crippen LogP contribution in [-0.4, -0.2) is 55.4 Å². The van der Waals surface area contributed by atoms with Crippen LogP contribution >= 0.6 is 0 Å². The van der Waals surface area contributed by atoms with E-state index in [1.807, 2.05) is 35.3 Å². The van der Waals surface area contributed by atoms with Gasteiger partial charge in [-0.05, 0) is 48.0 Å². The van der Waals surface area contributed by atoms with E-state index in [0.717, 1.165) is 11.3 Å². The number of hydrazine groups is 1. The molecule has 3 aromatic rings. The third-order valence-corrected chi connectivity index (χ3v) is 5.35. The van der Waals surface area contributed by atoms with Crippen molar-refractivity contribution in [1.29, 1.82) is 0 Å². The van der Waals surface area contributed by atoms with Gasteiger partial charge < -0.3 is 14.6 Å². The normalized spacial score (nSPS) is 14.0. The Bertz CT molecular complexity index is 1090. The van der Waals surface area contributed by atoms with Crippen LogP contribution in [-0.2, 0) is 4.74 Å². The lowest BCUT2D eigenvalue weighted by Crippen LogP contribution is -2.52. The minimum Gasteiger partial charge on any atom is -0.496 e. The van der Waals surface area contributed by atoms with Crippen molar-refractivity contribution >= 4 is 17.6 Å². The Hall–Kier alpha value is -3.68. The molecule has 0 aliphatic carbocycles. The van der Waals surface area contributed by atoms with Gasteiger partial charge in [0.05, 0.1) is 31.6 Å². The lowest BCUT2D eigenvalue weighted by molar-refractivity contribution is 0.0300. The second kappa shape index (κ2) is 9.64. The number of nitrogens with zero attached hydrogens (tertiary/aromatic N) is 2. The quantitative estimate of drug-likeness (QED) is 0.635. The number of carbonyl (C=O) groups is 2. The molecule has 0 saturated carbocycles. The number of anilines is 1. The number of ether oxygens (including phenoxy) is 2. The largest absolute Gasteiger partial charge is 0.496 e. The smallest absolute Gasteiger partial charge is 0.335 e. The zero-order chi connectivity index (χ0) is 22.5. The first-order valence-corrected chi connectivity index (χ1v) is 10.3. The molecule has 0 spiro atoms.